The molecule has 0 fully saturated rings. The van der Waals surface area contributed by atoms with Gasteiger partial charge in [-0.25, -0.2) is 9.59 Å². The largest absolute Gasteiger partial charge is 0.466 e. The Morgan fingerprint density at radius 1 is 1.38 bits per heavy atom. The first-order valence-electron chi connectivity index (χ1n) is 7.50. The van der Waals surface area contributed by atoms with Crippen LogP contribution in [0.4, 0.5) is 13.2 Å². The van der Waals surface area contributed by atoms with E-state index in [1.54, 1.807) is 0 Å². The van der Waals surface area contributed by atoms with E-state index in [0.717, 1.165) is 13.2 Å². The van der Waals surface area contributed by atoms with Crippen molar-refractivity contribution in [3.8, 4) is 0 Å². The third-order valence-electron chi connectivity index (χ3n) is 4.20. The zero-order chi connectivity index (χ0) is 19.1. The molecule has 0 amide bonds. The molecular weight excluding hydrogens is 419 g/mol. The predicted molar refractivity (Wildman–Crippen MR) is 88.1 cm³/mol. The Bertz CT molecular complexity index is 845. The van der Waals surface area contributed by atoms with Crippen LogP contribution in [0.1, 0.15) is 17.2 Å². The molecule has 1 N–H and O–H groups in total. The predicted octanol–water partition coefficient (Wildman–Crippen LogP) is 3.03. The molecular formula is C17H13BrF3NO4. The number of carbonyl (C=O) groups is 2. The van der Waals surface area contributed by atoms with E-state index in [-0.39, 0.29) is 34.2 Å². The first kappa shape index (κ1) is 18.5. The molecule has 138 valence electrons. The van der Waals surface area contributed by atoms with Crippen LogP contribution in [0.15, 0.2) is 46.7 Å². The molecule has 0 spiro atoms. The third-order valence-corrected chi connectivity index (χ3v) is 4.76. The quantitative estimate of drug-likeness (QED) is 0.588. The maximum atomic E-state index is 13.5. The molecule has 0 bridgehead atoms. The Hall–Kier alpha value is -2.29. The van der Waals surface area contributed by atoms with Crippen LogP contribution in [0.5, 0.6) is 0 Å². The minimum absolute atomic E-state index is 0.0568. The lowest BCUT2D eigenvalue weighted by Crippen LogP contribution is -2.34. The molecule has 0 aromatic heterocycles. The van der Waals surface area contributed by atoms with Crippen LogP contribution in [-0.4, -0.2) is 31.0 Å². The molecule has 2 aliphatic rings. The van der Waals surface area contributed by atoms with Crippen LogP contribution < -0.4 is 5.32 Å². The summed E-state index contributed by atoms with van der Waals surface area (Å²) in [5.41, 5.74) is -0.303. The SMILES string of the molecule is COC(=O)C1=C(CBr)C2=C(COC2=O)NC1c1ccccc1C(F)(F)F. The molecule has 2 heterocycles. The molecule has 5 nitrogen and oxygen atoms in total. The topological polar surface area (TPSA) is 64.6 Å². The van der Waals surface area contributed by atoms with Crippen molar-refractivity contribution in [2.24, 2.45) is 0 Å². The number of rotatable bonds is 3. The monoisotopic (exact) mass is 431 g/mol. The number of dihydropyridines is 1. The van der Waals surface area contributed by atoms with E-state index in [0.29, 0.717) is 5.70 Å². The smallest absolute Gasteiger partial charge is 0.416 e. The van der Waals surface area contributed by atoms with Gasteiger partial charge in [-0.05, 0) is 17.2 Å². The second-order valence-corrected chi connectivity index (χ2v) is 6.17. The summed E-state index contributed by atoms with van der Waals surface area (Å²) < 4.78 is 50.1. The second-order valence-electron chi connectivity index (χ2n) is 5.61. The van der Waals surface area contributed by atoms with Gasteiger partial charge < -0.3 is 14.8 Å². The molecule has 0 radical (unpaired) electrons. The summed E-state index contributed by atoms with van der Waals surface area (Å²) in [6.45, 7) is -0.0934. The van der Waals surface area contributed by atoms with Crippen LogP contribution >= 0.6 is 15.9 Å². The molecule has 1 unspecified atom stereocenters. The van der Waals surface area contributed by atoms with E-state index < -0.39 is 29.7 Å². The van der Waals surface area contributed by atoms with Crippen molar-refractivity contribution >= 4 is 27.9 Å². The van der Waals surface area contributed by atoms with E-state index in [4.69, 9.17) is 9.47 Å². The minimum Gasteiger partial charge on any atom is -0.466 e. The molecule has 0 aliphatic carbocycles. The average molecular weight is 432 g/mol. The first-order valence-corrected chi connectivity index (χ1v) is 8.62. The lowest BCUT2D eigenvalue weighted by Gasteiger charge is -2.30. The molecule has 1 aromatic rings. The highest BCUT2D eigenvalue weighted by Gasteiger charge is 2.43. The average Bonchev–Trinajstić information content (AvgIpc) is 2.99. The highest BCUT2D eigenvalue weighted by molar-refractivity contribution is 9.09. The van der Waals surface area contributed by atoms with Gasteiger partial charge in [0, 0.05) is 5.33 Å². The number of ether oxygens (including phenoxy) is 2. The van der Waals surface area contributed by atoms with Crippen molar-refractivity contribution in [3.05, 3.63) is 57.8 Å². The molecule has 26 heavy (non-hydrogen) atoms. The Labute approximate surface area is 155 Å². The first-order chi connectivity index (χ1) is 12.3. The highest BCUT2D eigenvalue weighted by atomic mass is 79.9. The van der Waals surface area contributed by atoms with Crippen LogP contribution in [0.25, 0.3) is 0 Å². The van der Waals surface area contributed by atoms with E-state index in [9.17, 15) is 22.8 Å². The van der Waals surface area contributed by atoms with Crippen LogP contribution in [0, 0.1) is 0 Å². The van der Waals surface area contributed by atoms with E-state index in [2.05, 4.69) is 21.2 Å². The van der Waals surface area contributed by atoms with Crippen molar-refractivity contribution < 1.29 is 32.2 Å². The molecule has 1 aromatic carbocycles. The number of hydrogen-bond acceptors (Lipinski definition) is 5. The minimum atomic E-state index is -4.61. The van der Waals surface area contributed by atoms with Gasteiger partial charge in [0.1, 0.15) is 6.61 Å². The Balaban J connectivity index is 2.23. The maximum absolute atomic E-state index is 13.5. The maximum Gasteiger partial charge on any atom is 0.416 e. The Morgan fingerprint density at radius 2 is 2.08 bits per heavy atom. The summed E-state index contributed by atoms with van der Waals surface area (Å²) in [4.78, 5) is 24.4. The number of halogens is 4. The number of cyclic esters (lactones) is 1. The number of methoxy groups -OCH3 is 1. The summed E-state index contributed by atoms with van der Waals surface area (Å²) in [5.74, 6) is -1.45. The highest BCUT2D eigenvalue weighted by Crippen LogP contribution is 2.42. The molecule has 0 saturated heterocycles. The molecule has 3 rings (SSSR count). The van der Waals surface area contributed by atoms with E-state index in [1.807, 2.05) is 0 Å². The molecule has 0 saturated carbocycles. The summed E-state index contributed by atoms with van der Waals surface area (Å²) in [6, 6.07) is 3.84. The van der Waals surface area contributed by atoms with E-state index in [1.165, 1.54) is 18.2 Å². The summed E-state index contributed by atoms with van der Waals surface area (Å²) >= 11 is 3.21. The lowest BCUT2D eigenvalue weighted by atomic mass is 9.85. The van der Waals surface area contributed by atoms with Crippen molar-refractivity contribution in [2.45, 2.75) is 12.2 Å². The van der Waals surface area contributed by atoms with Gasteiger partial charge >= 0.3 is 18.1 Å². The summed E-state index contributed by atoms with van der Waals surface area (Å²) in [5, 5.41) is 2.94. The van der Waals surface area contributed by atoms with Gasteiger partial charge in [-0.1, -0.05) is 34.1 Å². The number of esters is 2. The summed E-state index contributed by atoms with van der Waals surface area (Å²) in [7, 11) is 1.13. The second kappa shape index (κ2) is 6.79. The standard InChI is InChI=1S/C17H13BrF3NO4/c1-25-15(23)13-9(6-18)12-11(7-26-16(12)24)22-14(13)8-4-2-3-5-10(8)17(19,20)21/h2-5,14,22H,6-7H2,1H3. The van der Waals surface area contributed by atoms with E-state index >= 15 is 0 Å². The molecule has 2 aliphatic heterocycles. The van der Waals surface area contributed by atoms with Gasteiger partial charge in [0.25, 0.3) is 0 Å². The fourth-order valence-electron chi connectivity index (χ4n) is 3.11. The van der Waals surface area contributed by atoms with Gasteiger partial charge in [0.05, 0.1) is 35.6 Å². The lowest BCUT2D eigenvalue weighted by molar-refractivity contribution is -0.139. The van der Waals surface area contributed by atoms with Gasteiger partial charge in [-0.2, -0.15) is 13.2 Å². The van der Waals surface area contributed by atoms with Gasteiger partial charge in [0.15, 0.2) is 0 Å². The number of benzene rings is 1. The van der Waals surface area contributed by atoms with Crippen LogP contribution in [0.3, 0.4) is 0 Å². The van der Waals surface area contributed by atoms with Crippen molar-refractivity contribution in [3.63, 3.8) is 0 Å². The number of alkyl halides is 4. The van der Waals surface area contributed by atoms with Crippen LogP contribution in [0.2, 0.25) is 0 Å². The fraction of sp³-hybridized carbons (Fsp3) is 0.294. The summed E-state index contributed by atoms with van der Waals surface area (Å²) in [6.07, 6.45) is -4.61. The number of nitrogens with one attached hydrogen (secondary N) is 1. The van der Waals surface area contributed by atoms with Crippen molar-refractivity contribution in [1.82, 2.24) is 5.32 Å². The number of hydrogen-bond donors (Lipinski definition) is 1. The number of carbonyl (C=O) groups excluding carboxylic acids is 2. The zero-order valence-corrected chi connectivity index (χ0v) is 15.0. The third kappa shape index (κ3) is 3.00. The van der Waals surface area contributed by atoms with Crippen LogP contribution in [-0.2, 0) is 25.2 Å². The fourth-order valence-corrected chi connectivity index (χ4v) is 3.69. The van der Waals surface area contributed by atoms with Gasteiger partial charge in [-0.3, -0.25) is 0 Å². The van der Waals surface area contributed by atoms with Crippen molar-refractivity contribution in [1.29, 1.82) is 0 Å². The van der Waals surface area contributed by atoms with Crippen molar-refractivity contribution in [2.75, 3.05) is 19.0 Å². The Morgan fingerprint density at radius 3 is 2.69 bits per heavy atom. The normalized spacial score (nSPS) is 19.9. The molecule has 9 heteroatoms. The molecule has 1 atom stereocenters. The zero-order valence-electron chi connectivity index (χ0n) is 13.4. The van der Waals surface area contributed by atoms with Gasteiger partial charge in [-0.15, -0.1) is 0 Å². The van der Waals surface area contributed by atoms with Gasteiger partial charge in [0.2, 0.25) is 0 Å². The Kier molecular flexibility index (Phi) is 4.83.